The largest absolute Gasteiger partial charge is 0.494 e. The number of benzene rings is 1. The highest BCUT2D eigenvalue weighted by atomic mass is 35.5. The molecule has 1 aromatic heterocycles. The summed E-state index contributed by atoms with van der Waals surface area (Å²) >= 11 is 12.2. The van der Waals surface area contributed by atoms with Gasteiger partial charge in [0.15, 0.2) is 5.75 Å². The van der Waals surface area contributed by atoms with Crippen molar-refractivity contribution in [2.75, 3.05) is 14.2 Å². The van der Waals surface area contributed by atoms with Crippen LogP contribution in [0.2, 0.25) is 10.0 Å². The number of aryl methyl sites for hydroxylation is 2. The highest BCUT2D eigenvalue weighted by Gasteiger charge is 2.24. The Bertz CT molecular complexity index is 694. The molecule has 1 aromatic carbocycles. The van der Waals surface area contributed by atoms with Crippen LogP contribution in [0.5, 0.6) is 5.75 Å². The first kappa shape index (κ1) is 16.6. The summed E-state index contributed by atoms with van der Waals surface area (Å²) < 4.78 is 10.3. The minimum Gasteiger partial charge on any atom is -0.494 e. The van der Waals surface area contributed by atoms with Gasteiger partial charge in [-0.1, -0.05) is 28.4 Å². The second kappa shape index (κ2) is 6.58. The van der Waals surface area contributed by atoms with Gasteiger partial charge in [0.2, 0.25) is 0 Å². The molecule has 22 heavy (non-hydrogen) atoms. The van der Waals surface area contributed by atoms with E-state index in [-0.39, 0.29) is 22.2 Å². The molecule has 0 spiro atoms. The van der Waals surface area contributed by atoms with Crippen molar-refractivity contribution in [2.45, 2.75) is 20.4 Å². The first-order valence-electron chi connectivity index (χ1n) is 6.56. The summed E-state index contributed by atoms with van der Waals surface area (Å²) in [6.45, 7) is 3.99. The second-order valence-corrected chi connectivity index (χ2v) is 5.72. The number of aromatic nitrogens is 1. The Hall–Kier alpha value is -1.72. The number of amides is 1. The number of methoxy groups -OCH3 is 1. The molecular formula is C15H16Cl2N2O3. The van der Waals surface area contributed by atoms with Crippen LogP contribution in [0.15, 0.2) is 16.7 Å². The molecule has 0 radical (unpaired) electrons. The molecule has 0 saturated carbocycles. The summed E-state index contributed by atoms with van der Waals surface area (Å²) in [6.07, 6.45) is 0. The highest BCUT2D eigenvalue weighted by Crippen LogP contribution is 2.34. The van der Waals surface area contributed by atoms with Gasteiger partial charge in [-0.05, 0) is 26.0 Å². The lowest BCUT2D eigenvalue weighted by atomic mass is 10.1. The summed E-state index contributed by atoms with van der Waals surface area (Å²) in [5.74, 6) is 0.662. The van der Waals surface area contributed by atoms with Crippen LogP contribution in [-0.4, -0.2) is 30.1 Å². The van der Waals surface area contributed by atoms with E-state index in [1.54, 1.807) is 26.1 Å². The predicted octanol–water partition coefficient (Wildman–Crippen LogP) is 3.88. The van der Waals surface area contributed by atoms with Gasteiger partial charge in [0, 0.05) is 12.6 Å². The van der Waals surface area contributed by atoms with Crippen LogP contribution >= 0.6 is 23.2 Å². The Labute approximate surface area is 138 Å². The van der Waals surface area contributed by atoms with E-state index >= 15 is 0 Å². The van der Waals surface area contributed by atoms with Crippen LogP contribution in [0.4, 0.5) is 0 Å². The summed E-state index contributed by atoms with van der Waals surface area (Å²) in [5.41, 5.74) is 1.86. The summed E-state index contributed by atoms with van der Waals surface area (Å²) in [5, 5.41) is 4.50. The highest BCUT2D eigenvalue weighted by molar-refractivity contribution is 6.37. The smallest absolute Gasteiger partial charge is 0.259 e. The number of carbonyl (C=O) groups is 1. The lowest BCUT2D eigenvalue weighted by molar-refractivity contribution is 0.0781. The van der Waals surface area contributed by atoms with E-state index in [9.17, 15) is 4.79 Å². The van der Waals surface area contributed by atoms with Crippen molar-refractivity contribution in [1.29, 1.82) is 0 Å². The Kier molecular flexibility index (Phi) is 4.98. The minimum absolute atomic E-state index is 0.242. The lowest BCUT2D eigenvalue weighted by Crippen LogP contribution is -2.27. The lowest BCUT2D eigenvalue weighted by Gasteiger charge is -2.20. The van der Waals surface area contributed by atoms with Crippen molar-refractivity contribution in [3.8, 4) is 5.75 Å². The second-order valence-electron chi connectivity index (χ2n) is 4.90. The fourth-order valence-corrected chi connectivity index (χ4v) is 2.62. The molecule has 0 fully saturated rings. The first-order chi connectivity index (χ1) is 10.4. The molecule has 0 atom stereocenters. The average molecular weight is 343 g/mol. The molecule has 1 amide bonds. The molecule has 5 nitrogen and oxygen atoms in total. The van der Waals surface area contributed by atoms with Crippen LogP contribution < -0.4 is 4.74 Å². The van der Waals surface area contributed by atoms with E-state index in [1.807, 2.05) is 6.92 Å². The number of ether oxygens (including phenoxy) is 1. The van der Waals surface area contributed by atoms with Crippen molar-refractivity contribution >= 4 is 29.1 Å². The van der Waals surface area contributed by atoms with Gasteiger partial charge in [-0.3, -0.25) is 4.79 Å². The normalized spacial score (nSPS) is 10.6. The van der Waals surface area contributed by atoms with Crippen molar-refractivity contribution in [3.05, 3.63) is 44.8 Å². The number of halogens is 2. The number of nitrogens with zero attached hydrogens (tertiary/aromatic N) is 2. The van der Waals surface area contributed by atoms with Gasteiger partial charge in [-0.2, -0.15) is 0 Å². The Morgan fingerprint density at radius 3 is 2.50 bits per heavy atom. The van der Waals surface area contributed by atoms with Gasteiger partial charge in [0.25, 0.3) is 5.91 Å². The molecule has 0 unspecified atom stereocenters. The van der Waals surface area contributed by atoms with Gasteiger partial charge >= 0.3 is 0 Å². The molecule has 0 aliphatic rings. The van der Waals surface area contributed by atoms with Gasteiger partial charge < -0.3 is 14.2 Å². The maximum Gasteiger partial charge on any atom is 0.259 e. The van der Waals surface area contributed by atoms with Crippen LogP contribution in [0.3, 0.4) is 0 Å². The van der Waals surface area contributed by atoms with E-state index in [2.05, 4.69) is 5.16 Å². The van der Waals surface area contributed by atoms with Crippen molar-refractivity contribution < 1.29 is 14.1 Å². The summed E-state index contributed by atoms with van der Waals surface area (Å²) in [6, 6.07) is 3.16. The number of hydrogen-bond donors (Lipinski definition) is 0. The zero-order valence-electron chi connectivity index (χ0n) is 12.7. The molecule has 1 heterocycles. The first-order valence-corrected chi connectivity index (χ1v) is 7.31. The Morgan fingerprint density at radius 1 is 1.32 bits per heavy atom. The molecule has 0 bridgehead atoms. The van der Waals surface area contributed by atoms with Crippen LogP contribution in [0.1, 0.15) is 27.4 Å². The molecule has 0 aliphatic heterocycles. The van der Waals surface area contributed by atoms with E-state index < -0.39 is 0 Å². The van der Waals surface area contributed by atoms with E-state index in [0.29, 0.717) is 17.3 Å². The fourth-order valence-electron chi connectivity index (χ4n) is 2.16. The molecule has 2 aromatic rings. The Morgan fingerprint density at radius 2 is 1.95 bits per heavy atom. The third kappa shape index (κ3) is 3.05. The zero-order chi connectivity index (χ0) is 16.4. The van der Waals surface area contributed by atoms with E-state index in [0.717, 1.165) is 11.3 Å². The molecule has 0 aliphatic carbocycles. The quantitative estimate of drug-likeness (QED) is 0.845. The maximum atomic E-state index is 12.7. The molecular weight excluding hydrogens is 327 g/mol. The maximum absolute atomic E-state index is 12.7. The predicted molar refractivity (Wildman–Crippen MR) is 84.8 cm³/mol. The molecule has 118 valence electrons. The van der Waals surface area contributed by atoms with Crippen molar-refractivity contribution in [1.82, 2.24) is 10.1 Å². The molecule has 2 rings (SSSR count). The third-order valence-corrected chi connectivity index (χ3v) is 4.01. The monoisotopic (exact) mass is 342 g/mol. The number of hydrogen-bond acceptors (Lipinski definition) is 4. The van der Waals surface area contributed by atoms with E-state index in [1.165, 1.54) is 12.0 Å². The Balaban J connectivity index is 2.34. The van der Waals surface area contributed by atoms with E-state index in [4.69, 9.17) is 32.5 Å². The van der Waals surface area contributed by atoms with Crippen LogP contribution in [0.25, 0.3) is 0 Å². The molecule has 0 saturated heterocycles. The summed E-state index contributed by atoms with van der Waals surface area (Å²) in [4.78, 5) is 14.2. The topological polar surface area (TPSA) is 55.6 Å². The standard InChI is InChI=1S/C15H16Cl2N2O3/c1-8-10(9(2)22-18-8)7-19(3)15(20)13-11(16)5-6-12(17)14(13)21-4/h5-6H,7H2,1-4H3. The average Bonchev–Trinajstić information content (AvgIpc) is 2.80. The summed E-state index contributed by atoms with van der Waals surface area (Å²) in [7, 11) is 3.12. The zero-order valence-corrected chi connectivity index (χ0v) is 14.2. The molecule has 0 N–H and O–H groups in total. The van der Waals surface area contributed by atoms with Gasteiger partial charge in [-0.15, -0.1) is 0 Å². The van der Waals surface area contributed by atoms with Crippen molar-refractivity contribution in [3.63, 3.8) is 0 Å². The third-order valence-electron chi connectivity index (χ3n) is 3.40. The van der Waals surface area contributed by atoms with Crippen molar-refractivity contribution in [2.24, 2.45) is 0 Å². The number of rotatable bonds is 4. The minimum atomic E-state index is -0.288. The van der Waals surface area contributed by atoms with Gasteiger partial charge in [-0.25, -0.2) is 0 Å². The fraction of sp³-hybridized carbons (Fsp3) is 0.333. The molecule has 7 heteroatoms. The van der Waals surface area contributed by atoms with Gasteiger partial charge in [0.05, 0.1) is 29.4 Å². The van der Waals surface area contributed by atoms with Gasteiger partial charge in [0.1, 0.15) is 11.3 Å². The van der Waals surface area contributed by atoms with Crippen LogP contribution in [0, 0.1) is 13.8 Å². The SMILES string of the molecule is COc1c(Cl)ccc(Cl)c1C(=O)N(C)Cc1c(C)noc1C. The van der Waals surface area contributed by atoms with Crippen LogP contribution in [-0.2, 0) is 6.54 Å². The number of carbonyl (C=O) groups excluding carboxylic acids is 1.